The van der Waals surface area contributed by atoms with Gasteiger partial charge in [0.25, 0.3) is 0 Å². The highest BCUT2D eigenvalue weighted by Gasteiger charge is 2.41. The molecular formula is C15H27F6N5. The molecule has 154 valence electrons. The van der Waals surface area contributed by atoms with Crippen molar-refractivity contribution in [1.29, 1.82) is 0 Å². The molecule has 0 bridgehead atoms. The van der Waals surface area contributed by atoms with E-state index in [0.29, 0.717) is 32.0 Å². The summed E-state index contributed by atoms with van der Waals surface area (Å²) in [7, 11) is 2.98. The maximum absolute atomic E-state index is 12.8. The molecule has 1 saturated heterocycles. The first kappa shape index (κ1) is 22.8. The highest BCUT2D eigenvalue weighted by molar-refractivity contribution is 5.79. The van der Waals surface area contributed by atoms with Gasteiger partial charge in [-0.25, -0.2) is 0 Å². The predicted octanol–water partition coefficient (Wildman–Crippen LogP) is 2.01. The first-order chi connectivity index (χ1) is 11.9. The topological polar surface area (TPSA) is 34.1 Å². The molecule has 0 aliphatic carbocycles. The van der Waals surface area contributed by atoms with Crippen molar-refractivity contribution in [1.82, 2.24) is 20.0 Å². The van der Waals surface area contributed by atoms with E-state index < -0.39 is 24.9 Å². The van der Waals surface area contributed by atoms with Gasteiger partial charge in [-0.2, -0.15) is 26.3 Å². The van der Waals surface area contributed by atoms with Crippen LogP contribution in [-0.2, 0) is 0 Å². The fraction of sp³-hybridized carbons (Fsp3) is 0.933. The van der Waals surface area contributed by atoms with Gasteiger partial charge < -0.3 is 10.2 Å². The average molecular weight is 391 g/mol. The van der Waals surface area contributed by atoms with Gasteiger partial charge in [0.15, 0.2) is 5.96 Å². The Kier molecular flexibility index (Phi) is 8.45. The number of hydrogen-bond acceptors (Lipinski definition) is 3. The van der Waals surface area contributed by atoms with Gasteiger partial charge in [0.05, 0.1) is 6.54 Å². The number of hydrogen-bond donors (Lipinski definition) is 1. The number of rotatable bonds is 6. The number of nitrogens with zero attached hydrogens (tertiary/aromatic N) is 4. The zero-order valence-electron chi connectivity index (χ0n) is 15.3. The maximum atomic E-state index is 12.8. The molecule has 1 unspecified atom stereocenters. The second-order valence-electron chi connectivity index (χ2n) is 6.42. The van der Waals surface area contributed by atoms with Crippen molar-refractivity contribution >= 4 is 5.96 Å². The van der Waals surface area contributed by atoms with Gasteiger partial charge in [0.2, 0.25) is 0 Å². The number of alkyl halides is 6. The summed E-state index contributed by atoms with van der Waals surface area (Å²) in [6, 6.07) is -1.48. The average Bonchev–Trinajstić information content (AvgIpc) is 2.52. The molecule has 26 heavy (non-hydrogen) atoms. The molecule has 0 radical (unpaired) electrons. The molecule has 5 nitrogen and oxygen atoms in total. The summed E-state index contributed by atoms with van der Waals surface area (Å²) in [6.07, 6.45) is -7.97. The molecule has 1 aliphatic heterocycles. The van der Waals surface area contributed by atoms with Gasteiger partial charge in [-0.05, 0) is 26.9 Å². The van der Waals surface area contributed by atoms with Crippen molar-refractivity contribution in [3.8, 4) is 0 Å². The first-order valence-electron chi connectivity index (χ1n) is 8.45. The van der Waals surface area contributed by atoms with Crippen molar-refractivity contribution in [3.05, 3.63) is 0 Å². The van der Waals surface area contributed by atoms with E-state index in [0.717, 1.165) is 6.92 Å². The predicted molar refractivity (Wildman–Crippen MR) is 88.2 cm³/mol. The lowest BCUT2D eigenvalue weighted by molar-refractivity contribution is -0.181. The van der Waals surface area contributed by atoms with Crippen molar-refractivity contribution in [3.63, 3.8) is 0 Å². The van der Waals surface area contributed by atoms with Crippen molar-refractivity contribution in [2.75, 3.05) is 59.9 Å². The normalized spacial score (nSPS) is 19.2. The zero-order chi connectivity index (χ0) is 20.0. The van der Waals surface area contributed by atoms with Crippen LogP contribution in [-0.4, -0.2) is 99.0 Å². The molecule has 11 heteroatoms. The van der Waals surface area contributed by atoms with Crippen LogP contribution in [0, 0.1) is 0 Å². The minimum absolute atomic E-state index is 0.274. The molecule has 0 spiro atoms. The van der Waals surface area contributed by atoms with E-state index in [4.69, 9.17) is 0 Å². The highest BCUT2D eigenvalue weighted by Crippen LogP contribution is 2.25. The summed E-state index contributed by atoms with van der Waals surface area (Å²) in [5.74, 6) is 0.558. The van der Waals surface area contributed by atoms with Crippen LogP contribution in [0.25, 0.3) is 0 Å². The van der Waals surface area contributed by atoms with E-state index in [9.17, 15) is 26.3 Å². The third-order valence-corrected chi connectivity index (χ3v) is 4.30. The van der Waals surface area contributed by atoms with E-state index >= 15 is 0 Å². The van der Waals surface area contributed by atoms with Gasteiger partial charge in [-0.3, -0.25) is 14.8 Å². The minimum atomic E-state index is -4.25. The number of piperazine rings is 1. The third kappa shape index (κ3) is 7.98. The van der Waals surface area contributed by atoms with Gasteiger partial charge in [0.1, 0.15) is 6.04 Å². The zero-order valence-corrected chi connectivity index (χ0v) is 15.3. The summed E-state index contributed by atoms with van der Waals surface area (Å²) in [5.41, 5.74) is 0. The molecule has 0 aromatic carbocycles. The molecule has 0 saturated carbocycles. The van der Waals surface area contributed by atoms with Gasteiger partial charge in [-0.15, -0.1) is 0 Å². The number of guanidine groups is 1. The minimum Gasteiger partial charge on any atom is -0.356 e. The van der Waals surface area contributed by atoms with Crippen LogP contribution in [0.4, 0.5) is 26.3 Å². The Balaban J connectivity index is 2.34. The Labute approximate surface area is 150 Å². The van der Waals surface area contributed by atoms with Crippen LogP contribution in [0.1, 0.15) is 13.3 Å². The van der Waals surface area contributed by atoms with Gasteiger partial charge >= 0.3 is 12.4 Å². The fourth-order valence-corrected chi connectivity index (χ4v) is 2.79. The van der Waals surface area contributed by atoms with E-state index in [1.165, 1.54) is 16.8 Å². The fourth-order valence-electron chi connectivity index (χ4n) is 2.79. The van der Waals surface area contributed by atoms with Gasteiger partial charge in [0, 0.05) is 39.8 Å². The molecule has 0 amide bonds. The lowest BCUT2D eigenvalue weighted by Gasteiger charge is -2.39. The van der Waals surface area contributed by atoms with Crippen molar-refractivity contribution < 1.29 is 26.3 Å². The highest BCUT2D eigenvalue weighted by atomic mass is 19.4. The maximum Gasteiger partial charge on any atom is 0.403 e. The molecule has 1 rings (SSSR count). The molecule has 0 aromatic rings. The lowest BCUT2D eigenvalue weighted by Crippen LogP contribution is -2.56. The van der Waals surface area contributed by atoms with Crippen LogP contribution >= 0.6 is 0 Å². The summed E-state index contributed by atoms with van der Waals surface area (Å²) in [6.45, 7) is 2.28. The smallest absolute Gasteiger partial charge is 0.356 e. The monoisotopic (exact) mass is 391 g/mol. The number of halogens is 6. The first-order valence-corrected chi connectivity index (χ1v) is 8.45. The molecule has 1 N–H and O–H groups in total. The van der Waals surface area contributed by atoms with Crippen LogP contribution in [0.3, 0.4) is 0 Å². The lowest BCUT2D eigenvalue weighted by atomic mass is 10.2. The van der Waals surface area contributed by atoms with E-state index in [1.54, 1.807) is 7.05 Å². The SMILES string of the molecule is CN=C(NCCCN(C)CC(F)(F)F)N1CCN(C(C)C(F)(F)F)CC1. The van der Waals surface area contributed by atoms with Crippen molar-refractivity contribution in [2.24, 2.45) is 4.99 Å². The summed E-state index contributed by atoms with van der Waals surface area (Å²) >= 11 is 0. The number of aliphatic imine (C=N–C) groups is 1. The Bertz CT molecular complexity index is 443. The number of nitrogens with one attached hydrogen (secondary N) is 1. The van der Waals surface area contributed by atoms with E-state index in [1.807, 2.05) is 4.90 Å². The molecule has 1 heterocycles. The Morgan fingerprint density at radius 1 is 1.12 bits per heavy atom. The Morgan fingerprint density at radius 2 is 1.69 bits per heavy atom. The molecule has 0 aromatic heterocycles. The van der Waals surface area contributed by atoms with Crippen LogP contribution in [0.5, 0.6) is 0 Å². The molecule has 1 atom stereocenters. The van der Waals surface area contributed by atoms with Crippen LogP contribution in [0.2, 0.25) is 0 Å². The van der Waals surface area contributed by atoms with Crippen LogP contribution in [0.15, 0.2) is 4.99 Å². The quantitative estimate of drug-likeness (QED) is 0.325. The van der Waals surface area contributed by atoms with Crippen molar-refractivity contribution in [2.45, 2.75) is 31.7 Å². The second kappa shape index (κ2) is 9.63. The summed E-state index contributed by atoms with van der Waals surface area (Å²) < 4.78 is 75.0. The summed E-state index contributed by atoms with van der Waals surface area (Å²) in [5, 5.41) is 3.06. The standard InChI is InChI=1S/C15H27F6N5/c1-12(15(19,20)21)25-7-9-26(10-8-25)13(22-2)23-5-4-6-24(3)11-14(16,17)18/h12H,4-11H2,1-3H3,(H,22,23). The molecular weight excluding hydrogens is 364 g/mol. The van der Waals surface area contributed by atoms with Crippen LogP contribution < -0.4 is 5.32 Å². The second-order valence-corrected chi connectivity index (χ2v) is 6.42. The van der Waals surface area contributed by atoms with E-state index in [2.05, 4.69) is 10.3 Å². The third-order valence-electron chi connectivity index (χ3n) is 4.30. The Hall–Kier alpha value is -1.23. The largest absolute Gasteiger partial charge is 0.403 e. The summed E-state index contributed by atoms with van der Waals surface area (Å²) in [4.78, 5) is 8.54. The van der Waals surface area contributed by atoms with E-state index in [-0.39, 0.29) is 19.6 Å². The molecule has 1 fully saturated rings. The Morgan fingerprint density at radius 3 is 2.15 bits per heavy atom. The van der Waals surface area contributed by atoms with Gasteiger partial charge in [-0.1, -0.05) is 0 Å². The molecule has 1 aliphatic rings.